The minimum absolute atomic E-state index is 0.0947. The molecule has 20 heavy (non-hydrogen) atoms. The second-order valence-corrected chi connectivity index (χ2v) is 5.54. The van der Waals surface area contributed by atoms with Crippen LogP contribution in [0.15, 0.2) is 29.0 Å². The Morgan fingerprint density at radius 2 is 2.05 bits per heavy atom. The first-order chi connectivity index (χ1) is 9.71. The molecule has 1 aliphatic carbocycles. The van der Waals surface area contributed by atoms with Crippen molar-refractivity contribution in [3.8, 4) is 0 Å². The van der Waals surface area contributed by atoms with Crippen LogP contribution in [0.1, 0.15) is 50.4 Å². The molecule has 2 aromatic rings. The highest BCUT2D eigenvalue weighted by molar-refractivity contribution is 5.33. The maximum atomic E-state index is 5.50. The normalized spacial score (nSPS) is 17.1. The third-order valence-corrected chi connectivity index (χ3v) is 3.88. The van der Waals surface area contributed by atoms with E-state index in [0.29, 0.717) is 12.5 Å². The summed E-state index contributed by atoms with van der Waals surface area (Å²) in [6.07, 6.45) is 7.09. The monoisotopic (exact) mass is 273 g/mol. The third-order valence-electron chi connectivity index (χ3n) is 3.88. The molecule has 0 bridgehead atoms. The van der Waals surface area contributed by atoms with Crippen LogP contribution in [-0.2, 0) is 16.8 Å². The summed E-state index contributed by atoms with van der Waals surface area (Å²) in [6.45, 7) is 4.35. The maximum absolute atomic E-state index is 5.50. The molecule has 0 amide bonds. The van der Waals surface area contributed by atoms with Crippen molar-refractivity contribution in [1.29, 1.82) is 0 Å². The standard InChI is InChI=1S/C15H19N3O2/c1-11(2)19-10-13-17-14(18-20-13)15(6-3-7-15)12-4-8-16-9-5-12/h4-5,8-9,11H,3,6-7,10H2,1-2H3. The molecule has 5 heteroatoms. The van der Waals surface area contributed by atoms with Gasteiger partial charge in [0.2, 0.25) is 0 Å². The lowest BCUT2D eigenvalue weighted by Gasteiger charge is -2.39. The SMILES string of the molecule is CC(C)OCc1nc(C2(c3ccncc3)CCC2)no1. The Hall–Kier alpha value is -1.75. The zero-order valence-electron chi connectivity index (χ0n) is 11.9. The first-order valence-corrected chi connectivity index (χ1v) is 7.06. The van der Waals surface area contributed by atoms with Crippen molar-refractivity contribution in [3.63, 3.8) is 0 Å². The summed E-state index contributed by atoms with van der Waals surface area (Å²) in [5.41, 5.74) is 1.12. The Bertz CT molecular complexity index is 562. The Morgan fingerprint density at radius 1 is 1.30 bits per heavy atom. The molecule has 0 radical (unpaired) electrons. The molecule has 0 aromatic carbocycles. The topological polar surface area (TPSA) is 61.0 Å². The van der Waals surface area contributed by atoms with Crippen LogP contribution in [0, 0.1) is 0 Å². The van der Waals surface area contributed by atoms with Gasteiger partial charge in [0.1, 0.15) is 6.61 Å². The molecular formula is C15H19N3O2. The average molecular weight is 273 g/mol. The van der Waals surface area contributed by atoms with Crippen LogP contribution in [0.3, 0.4) is 0 Å². The van der Waals surface area contributed by atoms with Gasteiger partial charge >= 0.3 is 0 Å². The smallest absolute Gasteiger partial charge is 0.252 e. The van der Waals surface area contributed by atoms with E-state index in [1.165, 1.54) is 12.0 Å². The Kier molecular flexibility index (Phi) is 3.53. The second-order valence-electron chi connectivity index (χ2n) is 5.54. The molecule has 106 valence electrons. The first-order valence-electron chi connectivity index (χ1n) is 7.06. The quantitative estimate of drug-likeness (QED) is 0.838. The molecule has 3 rings (SSSR count). The van der Waals surface area contributed by atoms with E-state index in [0.717, 1.165) is 18.7 Å². The van der Waals surface area contributed by atoms with E-state index in [2.05, 4.69) is 15.1 Å². The van der Waals surface area contributed by atoms with Crippen molar-refractivity contribution in [2.45, 2.75) is 51.2 Å². The molecule has 0 aliphatic heterocycles. The van der Waals surface area contributed by atoms with Crippen molar-refractivity contribution >= 4 is 0 Å². The van der Waals surface area contributed by atoms with Crippen molar-refractivity contribution < 1.29 is 9.26 Å². The summed E-state index contributed by atoms with van der Waals surface area (Å²) in [4.78, 5) is 8.61. The highest BCUT2D eigenvalue weighted by Crippen LogP contribution is 2.47. The number of hydrogen-bond donors (Lipinski definition) is 0. The van der Waals surface area contributed by atoms with Crippen molar-refractivity contribution in [3.05, 3.63) is 41.8 Å². The number of pyridine rings is 1. The number of ether oxygens (including phenoxy) is 1. The van der Waals surface area contributed by atoms with Crippen molar-refractivity contribution in [1.82, 2.24) is 15.1 Å². The predicted octanol–water partition coefficient (Wildman–Crippen LogP) is 2.86. The fourth-order valence-electron chi connectivity index (χ4n) is 2.59. The lowest BCUT2D eigenvalue weighted by Crippen LogP contribution is -2.36. The zero-order chi connectivity index (χ0) is 14.0. The zero-order valence-corrected chi connectivity index (χ0v) is 11.9. The number of rotatable bonds is 5. The minimum atomic E-state index is -0.0947. The van der Waals surface area contributed by atoms with E-state index in [-0.39, 0.29) is 11.5 Å². The Balaban J connectivity index is 1.84. The average Bonchev–Trinajstić information content (AvgIpc) is 2.85. The molecule has 1 aliphatic rings. The summed E-state index contributed by atoms with van der Waals surface area (Å²) in [7, 11) is 0. The van der Waals surface area contributed by atoms with Crippen molar-refractivity contribution in [2.75, 3.05) is 0 Å². The first kappa shape index (κ1) is 13.2. The molecule has 0 spiro atoms. The van der Waals surface area contributed by atoms with Crippen molar-refractivity contribution in [2.24, 2.45) is 0 Å². The lowest BCUT2D eigenvalue weighted by atomic mass is 9.64. The summed E-state index contributed by atoms with van der Waals surface area (Å²) >= 11 is 0. The van der Waals surface area contributed by atoms with Gasteiger partial charge in [-0.1, -0.05) is 11.6 Å². The van der Waals surface area contributed by atoms with Gasteiger partial charge in [0.25, 0.3) is 5.89 Å². The van der Waals surface area contributed by atoms with Gasteiger partial charge in [-0.15, -0.1) is 0 Å². The summed E-state index contributed by atoms with van der Waals surface area (Å²) in [6, 6.07) is 4.08. The van der Waals surface area contributed by atoms with E-state index in [1.807, 2.05) is 38.4 Å². The highest BCUT2D eigenvalue weighted by atomic mass is 16.5. The van der Waals surface area contributed by atoms with Gasteiger partial charge in [0, 0.05) is 12.4 Å². The highest BCUT2D eigenvalue weighted by Gasteiger charge is 2.44. The van der Waals surface area contributed by atoms with E-state index in [1.54, 1.807) is 0 Å². The maximum Gasteiger partial charge on any atom is 0.252 e. The number of aromatic nitrogens is 3. The largest absolute Gasteiger partial charge is 0.369 e. The molecule has 0 N–H and O–H groups in total. The van der Waals surface area contributed by atoms with Gasteiger partial charge in [-0.3, -0.25) is 4.98 Å². The summed E-state index contributed by atoms with van der Waals surface area (Å²) in [5, 5.41) is 4.18. The summed E-state index contributed by atoms with van der Waals surface area (Å²) in [5.74, 6) is 1.33. The summed E-state index contributed by atoms with van der Waals surface area (Å²) < 4.78 is 10.8. The van der Waals surface area contributed by atoms with Gasteiger partial charge in [0.15, 0.2) is 5.82 Å². The second kappa shape index (κ2) is 5.32. The van der Waals surface area contributed by atoms with Crippen LogP contribution >= 0.6 is 0 Å². The van der Waals surface area contributed by atoms with Crippen LogP contribution < -0.4 is 0 Å². The molecule has 2 heterocycles. The van der Waals surface area contributed by atoms with Gasteiger partial charge in [0.05, 0.1) is 11.5 Å². The van der Waals surface area contributed by atoms with E-state index >= 15 is 0 Å². The fourth-order valence-corrected chi connectivity index (χ4v) is 2.59. The molecule has 1 fully saturated rings. The lowest BCUT2D eigenvalue weighted by molar-refractivity contribution is 0.0485. The number of hydrogen-bond acceptors (Lipinski definition) is 5. The number of nitrogens with zero attached hydrogens (tertiary/aromatic N) is 3. The Morgan fingerprint density at radius 3 is 2.65 bits per heavy atom. The minimum Gasteiger partial charge on any atom is -0.369 e. The van der Waals surface area contributed by atoms with E-state index < -0.39 is 0 Å². The van der Waals surface area contributed by atoms with Crippen LogP contribution in [0.25, 0.3) is 0 Å². The third kappa shape index (κ3) is 2.33. The van der Waals surface area contributed by atoms with E-state index in [9.17, 15) is 0 Å². The molecular weight excluding hydrogens is 254 g/mol. The fraction of sp³-hybridized carbons (Fsp3) is 0.533. The molecule has 0 unspecified atom stereocenters. The van der Waals surface area contributed by atoms with Crippen LogP contribution in [0.4, 0.5) is 0 Å². The molecule has 2 aromatic heterocycles. The molecule has 5 nitrogen and oxygen atoms in total. The Labute approximate surface area is 118 Å². The van der Waals surface area contributed by atoms with Gasteiger partial charge in [-0.2, -0.15) is 4.98 Å². The van der Waals surface area contributed by atoms with Crippen LogP contribution in [-0.4, -0.2) is 21.2 Å². The predicted molar refractivity (Wildman–Crippen MR) is 73.1 cm³/mol. The molecule has 0 saturated heterocycles. The van der Waals surface area contributed by atoms with Crippen LogP contribution in [0.5, 0.6) is 0 Å². The van der Waals surface area contributed by atoms with Gasteiger partial charge in [-0.05, 0) is 44.4 Å². The molecule has 1 saturated carbocycles. The van der Waals surface area contributed by atoms with E-state index in [4.69, 9.17) is 9.26 Å². The van der Waals surface area contributed by atoms with Crippen LogP contribution in [0.2, 0.25) is 0 Å². The molecule has 0 atom stereocenters. The van der Waals surface area contributed by atoms with Gasteiger partial charge < -0.3 is 9.26 Å². The van der Waals surface area contributed by atoms with Gasteiger partial charge in [-0.25, -0.2) is 0 Å².